The van der Waals surface area contributed by atoms with Crippen LogP contribution in [0.15, 0.2) is 17.3 Å². The van der Waals surface area contributed by atoms with Gasteiger partial charge in [-0.15, -0.1) is 0 Å². The maximum absolute atomic E-state index is 10.7. The van der Waals surface area contributed by atoms with Gasteiger partial charge in [0, 0.05) is 18.0 Å². The summed E-state index contributed by atoms with van der Waals surface area (Å²) in [6.45, 7) is -0.135. The highest BCUT2D eigenvalue weighted by Crippen LogP contribution is 2.27. The Morgan fingerprint density at radius 3 is 2.81 bits per heavy atom. The monoisotopic (exact) mass is 244 g/mol. The lowest BCUT2D eigenvalue weighted by Crippen LogP contribution is -2.02. The van der Waals surface area contributed by atoms with Crippen LogP contribution in [0.2, 0.25) is 0 Å². The van der Waals surface area contributed by atoms with E-state index in [-0.39, 0.29) is 28.6 Å². The van der Waals surface area contributed by atoms with Crippen molar-refractivity contribution in [3.05, 3.63) is 27.9 Å². The SMILES string of the molecule is O=C(O)c1cnc(SCCO)c([N+](=O)[O-])c1. The van der Waals surface area contributed by atoms with E-state index >= 15 is 0 Å². The van der Waals surface area contributed by atoms with Gasteiger partial charge in [-0.2, -0.15) is 0 Å². The summed E-state index contributed by atoms with van der Waals surface area (Å²) < 4.78 is 0. The first-order valence-corrected chi connectivity index (χ1v) is 5.16. The van der Waals surface area contributed by atoms with Gasteiger partial charge in [0.2, 0.25) is 0 Å². The second-order valence-corrected chi connectivity index (χ2v) is 3.77. The van der Waals surface area contributed by atoms with Gasteiger partial charge < -0.3 is 10.2 Å². The predicted molar refractivity (Wildman–Crippen MR) is 55.7 cm³/mol. The molecule has 0 saturated carbocycles. The topological polar surface area (TPSA) is 114 Å². The zero-order valence-electron chi connectivity index (χ0n) is 7.99. The van der Waals surface area contributed by atoms with Gasteiger partial charge in [-0.05, 0) is 0 Å². The van der Waals surface area contributed by atoms with Crippen LogP contribution in [-0.2, 0) is 0 Å². The Bertz CT molecular complexity index is 423. The van der Waals surface area contributed by atoms with Gasteiger partial charge in [-0.3, -0.25) is 10.1 Å². The van der Waals surface area contributed by atoms with E-state index in [0.29, 0.717) is 0 Å². The van der Waals surface area contributed by atoms with Gasteiger partial charge >= 0.3 is 11.7 Å². The summed E-state index contributed by atoms with van der Waals surface area (Å²) >= 11 is 1.00. The van der Waals surface area contributed by atoms with Gasteiger partial charge in [-0.25, -0.2) is 9.78 Å². The molecular formula is C8H8N2O5S. The second-order valence-electron chi connectivity index (χ2n) is 2.68. The molecule has 1 heterocycles. The summed E-state index contributed by atoms with van der Waals surface area (Å²) in [5.74, 6) is -1.01. The fourth-order valence-corrected chi connectivity index (χ4v) is 1.64. The first kappa shape index (κ1) is 12.4. The van der Waals surface area contributed by atoms with Crippen LogP contribution in [0.1, 0.15) is 10.4 Å². The lowest BCUT2D eigenvalue weighted by molar-refractivity contribution is -0.388. The van der Waals surface area contributed by atoms with E-state index < -0.39 is 10.9 Å². The Labute approximate surface area is 94.3 Å². The number of aromatic nitrogens is 1. The van der Waals surface area contributed by atoms with Crippen molar-refractivity contribution < 1.29 is 19.9 Å². The minimum absolute atomic E-state index is 0.101. The highest BCUT2D eigenvalue weighted by Gasteiger charge is 2.18. The van der Waals surface area contributed by atoms with E-state index in [1.807, 2.05) is 0 Å². The third kappa shape index (κ3) is 2.91. The Hall–Kier alpha value is -1.67. The highest BCUT2D eigenvalue weighted by molar-refractivity contribution is 7.99. The van der Waals surface area contributed by atoms with Gasteiger partial charge in [0.25, 0.3) is 0 Å². The first-order valence-electron chi connectivity index (χ1n) is 4.17. The molecule has 1 aromatic rings. The summed E-state index contributed by atoms with van der Waals surface area (Å²) in [4.78, 5) is 24.2. The van der Waals surface area contributed by atoms with Crippen LogP contribution in [0.4, 0.5) is 5.69 Å². The number of pyridine rings is 1. The molecule has 0 bridgehead atoms. The zero-order chi connectivity index (χ0) is 12.1. The summed E-state index contributed by atoms with van der Waals surface area (Å²) in [6.07, 6.45) is 1.05. The van der Waals surface area contributed by atoms with Gasteiger partial charge in [0.05, 0.1) is 17.1 Å². The number of rotatable bonds is 5. The summed E-state index contributed by atoms with van der Waals surface area (Å²) in [5.41, 5.74) is -0.599. The fraction of sp³-hybridized carbons (Fsp3) is 0.250. The van der Waals surface area contributed by atoms with E-state index in [0.717, 1.165) is 24.0 Å². The van der Waals surface area contributed by atoms with E-state index in [9.17, 15) is 14.9 Å². The summed E-state index contributed by atoms with van der Waals surface area (Å²) in [5, 5.41) is 28.0. The molecule has 2 N–H and O–H groups in total. The van der Waals surface area contributed by atoms with Crippen LogP contribution in [0.3, 0.4) is 0 Å². The lowest BCUT2D eigenvalue weighted by atomic mass is 10.3. The summed E-state index contributed by atoms with van der Waals surface area (Å²) in [7, 11) is 0. The minimum atomic E-state index is -1.27. The number of carboxylic acids is 1. The quantitative estimate of drug-likeness (QED) is 0.446. The average molecular weight is 244 g/mol. The number of hydrogen-bond donors (Lipinski definition) is 2. The fourth-order valence-electron chi connectivity index (χ4n) is 0.942. The molecule has 0 radical (unpaired) electrons. The predicted octanol–water partition coefficient (Wildman–Crippen LogP) is 0.772. The minimum Gasteiger partial charge on any atom is -0.478 e. The van der Waals surface area contributed by atoms with E-state index in [4.69, 9.17) is 10.2 Å². The second kappa shape index (κ2) is 5.42. The molecule has 0 amide bonds. The standard InChI is InChI=1S/C8H8N2O5S/c11-1-2-16-7-6(10(14)15)3-5(4-9-7)8(12)13/h3-4,11H,1-2H2,(H,12,13). The normalized spacial score (nSPS) is 10.1. The largest absolute Gasteiger partial charge is 0.478 e. The van der Waals surface area contributed by atoms with Crippen LogP contribution >= 0.6 is 11.8 Å². The molecule has 0 fully saturated rings. The Morgan fingerprint density at radius 2 is 2.31 bits per heavy atom. The molecule has 16 heavy (non-hydrogen) atoms. The molecule has 0 aromatic carbocycles. The van der Waals surface area contributed by atoms with E-state index in [1.54, 1.807) is 0 Å². The highest BCUT2D eigenvalue weighted by atomic mass is 32.2. The van der Waals surface area contributed by atoms with Crippen molar-refractivity contribution in [1.29, 1.82) is 0 Å². The molecule has 8 heteroatoms. The molecule has 86 valence electrons. The molecule has 1 aromatic heterocycles. The maximum atomic E-state index is 10.7. The van der Waals surface area contributed by atoms with Crippen molar-refractivity contribution in [3.8, 4) is 0 Å². The Balaban J connectivity index is 3.09. The molecule has 0 aliphatic carbocycles. The van der Waals surface area contributed by atoms with Crippen LogP contribution in [0.25, 0.3) is 0 Å². The third-order valence-corrected chi connectivity index (χ3v) is 2.58. The third-order valence-electron chi connectivity index (χ3n) is 1.61. The van der Waals surface area contributed by atoms with Crippen LogP contribution < -0.4 is 0 Å². The maximum Gasteiger partial charge on any atom is 0.337 e. The number of aromatic carboxylic acids is 1. The summed E-state index contributed by atoms with van der Waals surface area (Å²) in [6, 6.07) is 0.953. The molecule has 7 nitrogen and oxygen atoms in total. The van der Waals surface area contributed by atoms with Crippen molar-refractivity contribution in [2.45, 2.75) is 5.03 Å². The number of hydrogen-bond acceptors (Lipinski definition) is 6. The number of nitro groups is 1. The van der Waals surface area contributed by atoms with E-state index in [1.165, 1.54) is 0 Å². The van der Waals surface area contributed by atoms with Crippen LogP contribution in [-0.4, -0.2) is 38.4 Å². The van der Waals surface area contributed by atoms with Crippen molar-refractivity contribution in [2.75, 3.05) is 12.4 Å². The van der Waals surface area contributed by atoms with Gasteiger partial charge in [0.1, 0.15) is 0 Å². The molecule has 0 unspecified atom stereocenters. The van der Waals surface area contributed by atoms with Gasteiger partial charge in [0.15, 0.2) is 5.03 Å². The zero-order valence-corrected chi connectivity index (χ0v) is 8.81. The number of carbonyl (C=O) groups is 1. The Morgan fingerprint density at radius 1 is 1.62 bits per heavy atom. The molecule has 0 saturated heterocycles. The molecule has 0 atom stereocenters. The molecule has 1 rings (SSSR count). The van der Waals surface area contributed by atoms with Crippen LogP contribution in [0.5, 0.6) is 0 Å². The van der Waals surface area contributed by atoms with Gasteiger partial charge in [-0.1, -0.05) is 11.8 Å². The lowest BCUT2D eigenvalue weighted by Gasteiger charge is -2.01. The number of carboxylic acid groups (broad SMARTS) is 1. The molecule has 0 aliphatic heterocycles. The number of nitrogens with zero attached hydrogens (tertiary/aromatic N) is 2. The molecular weight excluding hydrogens is 236 g/mol. The average Bonchev–Trinajstić information content (AvgIpc) is 2.25. The Kier molecular flexibility index (Phi) is 4.20. The van der Waals surface area contributed by atoms with Crippen LogP contribution in [0, 0.1) is 10.1 Å². The number of thioether (sulfide) groups is 1. The first-order chi connectivity index (χ1) is 7.56. The van der Waals surface area contributed by atoms with Crippen molar-refractivity contribution in [2.24, 2.45) is 0 Å². The molecule has 0 aliphatic rings. The van der Waals surface area contributed by atoms with Crippen molar-refractivity contribution in [3.63, 3.8) is 0 Å². The van der Waals surface area contributed by atoms with Crippen molar-refractivity contribution >= 4 is 23.4 Å². The van der Waals surface area contributed by atoms with E-state index in [2.05, 4.69) is 4.98 Å². The van der Waals surface area contributed by atoms with Crippen molar-refractivity contribution in [1.82, 2.24) is 4.98 Å². The molecule has 0 spiro atoms. The smallest absolute Gasteiger partial charge is 0.337 e. The number of aliphatic hydroxyl groups excluding tert-OH is 1. The number of aliphatic hydroxyl groups is 1.